The van der Waals surface area contributed by atoms with Gasteiger partial charge in [-0.15, -0.1) is 0 Å². The van der Waals surface area contributed by atoms with E-state index in [4.69, 9.17) is 33.3 Å². The first-order valence-corrected chi connectivity index (χ1v) is 13.4. The van der Waals surface area contributed by atoms with Gasteiger partial charge < -0.3 is 28.0 Å². The summed E-state index contributed by atoms with van der Waals surface area (Å²) in [5.41, 5.74) is 0. The van der Waals surface area contributed by atoms with Crippen LogP contribution in [0.4, 0.5) is 0 Å². The van der Waals surface area contributed by atoms with Gasteiger partial charge in [-0.25, -0.2) is 4.67 Å². The van der Waals surface area contributed by atoms with Crippen LogP contribution in [0, 0.1) is 23.2 Å². The molecule has 0 N–H and O–H groups in total. The quantitative estimate of drug-likeness (QED) is 0.218. The van der Waals surface area contributed by atoms with Crippen molar-refractivity contribution in [3.8, 4) is 6.07 Å². The van der Waals surface area contributed by atoms with Crippen molar-refractivity contribution in [2.75, 3.05) is 26.9 Å². The summed E-state index contributed by atoms with van der Waals surface area (Å²) >= 11 is 0. The summed E-state index contributed by atoms with van der Waals surface area (Å²) in [5.74, 6) is -2.74. The number of nitrogens with zero attached hydrogens (tertiary/aromatic N) is 3. The number of fused-ring (bicyclic) bond motifs is 8. The molecule has 4 fully saturated rings. The molecule has 7 unspecified atom stereocenters. The summed E-state index contributed by atoms with van der Waals surface area (Å²) in [7, 11) is 0.130. The second kappa shape index (κ2) is 10.6. The summed E-state index contributed by atoms with van der Waals surface area (Å²) < 4.78 is 37.2. The Bertz CT molecular complexity index is 807. The van der Waals surface area contributed by atoms with Gasteiger partial charge >= 0.3 is 0 Å². The van der Waals surface area contributed by atoms with Crippen LogP contribution in [-0.2, 0) is 37.6 Å². The van der Waals surface area contributed by atoms with Crippen LogP contribution in [0.3, 0.4) is 0 Å². The number of carbonyl (C=O) groups is 2. The summed E-state index contributed by atoms with van der Waals surface area (Å²) in [5, 5.41) is 8.84. The fourth-order valence-corrected chi connectivity index (χ4v) is 7.17. The van der Waals surface area contributed by atoms with Gasteiger partial charge in [0.1, 0.15) is 12.2 Å². The average Bonchev–Trinajstić information content (AvgIpc) is 3.50. The van der Waals surface area contributed by atoms with Crippen LogP contribution < -0.4 is 0 Å². The zero-order chi connectivity index (χ0) is 25.5. The van der Waals surface area contributed by atoms with E-state index in [2.05, 4.69) is 38.4 Å². The highest BCUT2D eigenvalue weighted by atomic mass is 31.2. The van der Waals surface area contributed by atoms with Gasteiger partial charge in [-0.3, -0.25) is 14.5 Å². The smallest absolute Gasteiger partial charge is 0.280 e. The van der Waals surface area contributed by atoms with Crippen molar-refractivity contribution in [1.29, 1.82) is 5.26 Å². The molecule has 0 radical (unpaired) electrons. The molecule has 0 spiro atoms. The van der Waals surface area contributed by atoms with E-state index >= 15 is 0 Å². The van der Waals surface area contributed by atoms with Crippen LogP contribution >= 0.6 is 8.53 Å². The molecule has 35 heavy (non-hydrogen) atoms. The van der Waals surface area contributed by atoms with Crippen LogP contribution in [0.2, 0.25) is 0 Å². The molecule has 4 saturated heterocycles. The lowest BCUT2D eigenvalue weighted by molar-refractivity contribution is -0.330. The zero-order valence-electron chi connectivity index (χ0n) is 21.2. The Kier molecular flexibility index (Phi) is 8.16. The Morgan fingerprint density at radius 1 is 1.03 bits per heavy atom. The number of hydrogen-bond acceptors (Lipinski definition) is 10. The van der Waals surface area contributed by atoms with E-state index in [0.717, 1.165) is 0 Å². The molecule has 0 aromatic rings. The van der Waals surface area contributed by atoms with Gasteiger partial charge in [-0.05, 0) is 34.1 Å². The maximum atomic E-state index is 13.2. The molecule has 7 atom stereocenters. The largest absolute Gasteiger partial charge is 0.368 e. The van der Waals surface area contributed by atoms with Crippen LogP contribution in [0.1, 0.15) is 47.5 Å². The minimum absolute atomic E-state index is 0.198. The van der Waals surface area contributed by atoms with Crippen LogP contribution in [-0.4, -0.2) is 90.7 Å². The first kappa shape index (κ1) is 26.8. The lowest BCUT2D eigenvalue weighted by atomic mass is 9.78. The van der Waals surface area contributed by atoms with Crippen molar-refractivity contribution in [3.63, 3.8) is 0 Å². The van der Waals surface area contributed by atoms with E-state index in [1.165, 1.54) is 12.0 Å². The van der Waals surface area contributed by atoms with Crippen LogP contribution in [0.5, 0.6) is 0 Å². The molecule has 2 bridgehead atoms. The van der Waals surface area contributed by atoms with Crippen molar-refractivity contribution < 1.29 is 37.6 Å². The van der Waals surface area contributed by atoms with E-state index < -0.39 is 50.8 Å². The molecule has 0 aliphatic carbocycles. The van der Waals surface area contributed by atoms with Gasteiger partial charge in [0.2, 0.25) is 11.8 Å². The normalized spacial score (nSPS) is 36.5. The summed E-state index contributed by atoms with van der Waals surface area (Å²) in [6.07, 6.45) is -1.13. The molecule has 4 aliphatic heterocycles. The molecule has 0 aromatic carbocycles. The molecule has 4 heterocycles. The van der Waals surface area contributed by atoms with E-state index in [1.54, 1.807) is 6.92 Å². The third-order valence-electron chi connectivity index (χ3n) is 6.94. The number of hydrogen-bond donors (Lipinski definition) is 0. The number of ether oxygens (including phenoxy) is 4. The number of nitriles is 1. The molecule has 4 rings (SSSR count). The summed E-state index contributed by atoms with van der Waals surface area (Å²) in [4.78, 5) is 27.7. The molecule has 2 amide bonds. The van der Waals surface area contributed by atoms with Crippen molar-refractivity contribution in [3.05, 3.63) is 0 Å². The third kappa shape index (κ3) is 4.88. The highest BCUT2D eigenvalue weighted by molar-refractivity contribution is 7.44. The Morgan fingerprint density at radius 3 is 2.06 bits per heavy atom. The molecule has 4 aliphatic rings. The SMILES string of the molecule is COC1(C)OC2C(O1)C1OC2C2C(=O)N(CCCOP(OCCC#N)N(C(C)C)C(C)C)C(=O)C12. The van der Waals surface area contributed by atoms with Crippen molar-refractivity contribution in [2.24, 2.45) is 11.8 Å². The predicted octanol–water partition coefficient (Wildman–Crippen LogP) is 2.16. The Labute approximate surface area is 207 Å². The number of likely N-dealkylation sites (tertiary alicyclic amines) is 1. The minimum atomic E-state index is -1.36. The third-order valence-corrected chi connectivity index (χ3v) is 9.05. The van der Waals surface area contributed by atoms with Crippen molar-refractivity contribution in [2.45, 2.75) is 89.9 Å². The Balaban J connectivity index is 1.33. The molecule has 12 heteroatoms. The van der Waals surface area contributed by atoms with Crippen molar-refractivity contribution in [1.82, 2.24) is 9.57 Å². The second-order valence-corrected chi connectivity index (χ2v) is 11.4. The van der Waals surface area contributed by atoms with E-state index in [-0.39, 0.29) is 36.9 Å². The highest BCUT2D eigenvalue weighted by Gasteiger charge is 2.73. The number of imide groups is 1. The molecule has 196 valence electrons. The average molecular weight is 514 g/mol. The monoisotopic (exact) mass is 513 g/mol. The molecular weight excluding hydrogens is 477 g/mol. The van der Waals surface area contributed by atoms with Gasteiger partial charge in [-0.2, -0.15) is 5.26 Å². The predicted molar refractivity (Wildman–Crippen MR) is 123 cm³/mol. The summed E-state index contributed by atoms with van der Waals surface area (Å²) in [6.45, 7) is 10.8. The molecule has 0 aromatic heterocycles. The lowest BCUT2D eigenvalue weighted by Gasteiger charge is -2.35. The van der Waals surface area contributed by atoms with Gasteiger partial charge in [0.05, 0.1) is 49.7 Å². The van der Waals surface area contributed by atoms with Gasteiger partial charge in [0.25, 0.3) is 14.5 Å². The van der Waals surface area contributed by atoms with Gasteiger partial charge in [0.15, 0.2) is 0 Å². The first-order chi connectivity index (χ1) is 16.6. The zero-order valence-corrected chi connectivity index (χ0v) is 22.1. The molecule has 0 saturated carbocycles. The Hall–Kier alpha value is -1.22. The van der Waals surface area contributed by atoms with Crippen LogP contribution in [0.15, 0.2) is 0 Å². The highest BCUT2D eigenvalue weighted by Crippen LogP contribution is 2.54. The lowest BCUT2D eigenvalue weighted by Crippen LogP contribution is -2.46. The fraction of sp³-hybridized carbons (Fsp3) is 0.870. The van der Waals surface area contributed by atoms with E-state index in [1.807, 2.05) is 0 Å². The standard InChI is InChI=1S/C23H36N3O8P/c1-13(2)26(14(3)4)35(30-11-7-9-24)31-12-8-10-25-21(27)15-16(22(25)28)18-20-19(17(15)32-18)33-23(5,29-6)34-20/h13-20H,7-8,10-12H2,1-6H3. The van der Waals surface area contributed by atoms with E-state index in [9.17, 15) is 9.59 Å². The topological polar surface area (TPSA) is 120 Å². The van der Waals surface area contributed by atoms with Gasteiger partial charge in [-0.1, -0.05) is 0 Å². The second-order valence-electron chi connectivity index (χ2n) is 9.91. The van der Waals surface area contributed by atoms with E-state index in [0.29, 0.717) is 19.6 Å². The van der Waals surface area contributed by atoms with Crippen molar-refractivity contribution >= 4 is 20.3 Å². The number of methoxy groups -OCH3 is 1. The Morgan fingerprint density at radius 2 is 1.57 bits per heavy atom. The number of amides is 2. The molecular formula is C23H36N3O8P. The maximum absolute atomic E-state index is 13.2. The number of carbonyl (C=O) groups excluding carboxylic acids is 2. The first-order valence-electron chi connectivity index (χ1n) is 12.3. The van der Waals surface area contributed by atoms with Crippen LogP contribution in [0.25, 0.3) is 0 Å². The maximum Gasteiger partial charge on any atom is 0.280 e. The fourth-order valence-electron chi connectivity index (χ4n) is 5.54. The van der Waals surface area contributed by atoms with Gasteiger partial charge in [0, 0.05) is 32.7 Å². The summed E-state index contributed by atoms with van der Waals surface area (Å²) in [6, 6.07) is 2.48. The minimum Gasteiger partial charge on any atom is -0.368 e. The molecule has 11 nitrogen and oxygen atoms in total. The number of rotatable bonds is 12.